The highest BCUT2D eigenvalue weighted by Crippen LogP contribution is 2.22. The van der Waals surface area contributed by atoms with Gasteiger partial charge in [-0.2, -0.15) is 0 Å². The highest BCUT2D eigenvalue weighted by Gasteiger charge is 2.19. The molecule has 7 heteroatoms. The zero-order valence-electron chi connectivity index (χ0n) is 12.6. The standard InChI is InChI=1S/C14H20BrNO4S/c1-5-21(18,19)12-7-6-11(15)8-10(12)9-20-13(17)16-14(2,3)4/h6-8H,5,9H2,1-4H3,(H,16,17). The molecule has 1 N–H and O–H groups in total. The molecule has 0 unspecified atom stereocenters. The number of hydrogen-bond acceptors (Lipinski definition) is 4. The van der Waals surface area contributed by atoms with Crippen LogP contribution < -0.4 is 5.32 Å². The van der Waals surface area contributed by atoms with Gasteiger partial charge in [0, 0.05) is 15.6 Å². The average molecular weight is 378 g/mol. The summed E-state index contributed by atoms with van der Waals surface area (Å²) in [7, 11) is -3.36. The number of rotatable bonds is 4. The van der Waals surface area contributed by atoms with E-state index in [4.69, 9.17) is 4.74 Å². The third kappa shape index (κ3) is 5.67. The van der Waals surface area contributed by atoms with Crippen molar-refractivity contribution in [2.24, 2.45) is 0 Å². The molecule has 0 radical (unpaired) electrons. The minimum atomic E-state index is -3.36. The van der Waals surface area contributed by atoms with Crippen LogP contribution >= 0.6 is 15.9 Å². The third-order valence-electron chi connectivity index (χ3n) is 2.57. The van der Waals surface area contributed by atoms with Crippen LogP contribution in [0.2, 0.25) is 0 Å². The molecular weight excluding hydrogens is 358 g/mol. The van der Waals surface area contributed by atoms with Crippen LogP contribution in [0.1, 0.15) is 33.3 Å². The second-order valence-electron chi connectivity index (χ2n) is 5.61. The van der Waals surface area contributed by atoms with E-state index in [0.29, 0.717) is 5.56 Å². The number of sulfone groups is 1. The normalized spacial score (nSPS) is 12.0. The molecule has 0 saturated carbocycles. The van der Waals surface area contributed by atoms with E-state index in [9.17, 15) is 13.2 Å². The lowest BCUT2D eigenvalue weighted by atomic mass is 10.1. The van der Waals surface area contributed by atoms with Gasteiger partial charge in [0.1, 0.15) is 6.61 Å². The van der Waals surface area contributed by atoms with Crippen LogP contribution in [-0.4, -0.2) is 25.8 Å². The molecule has 0 saturated heterocycles. The van der Waals surface area contributed by atoms with Gasteiger partial charge in [-0.1, -0.05) is 22.9 Å². The lowest BCUT2D eigenvalue weighted by Crippen LogP contribution is -2.40. The maximum atomic E-state index is 12.0. The predicted molar refractivity (Wildman–Crippen MR) is 84.9 cm³/mol. The van der Waals surface area contributed by atoms with Crippen molar-refractivity contribution in [3.05, 3.63) is 28.2 Å². The van der Waals surface area contributed by atoms with E-state index in [1.165, 1.54) is 6.07 Å². The van der Waals surface area contributed by atoms with Crippen molar-refractivity contribution >= 4 is 31.9 Å². The van der Waals surface area contributed by atoms with Gasteiger partial charge in [0.05, 0.1) is 10.6 Å². The summed E-state index contributed by atoms with van der Waals surface area (Å²) in [5.41, 5.74) is 0.0439. The van der Waals surface area contributed by atoms with Crippen molar-refractivity contribution < 1.29 is 17.9 Å². The molecule has 0 aliphatic heterocycles. The van der Waals surface area contributed by atoms with Gasteiger partial charge in [-0.15, -0.1) is 0 Å². The first-order valence-electron chi connectivity index (χ1n) is 6.51. The summed E-state index contributed by atoms with van der Waals surface area (Å²) >= 11 is 3.29. The van der Waals surface area contributed by atoms with E-state index in [2.05, 4.69) is 21.2 Å². The topological polar surface area (TPSA) is 72.5 Å². The van der Waals surface area contributed by atoms with E-state index in [-0.39, 0.29) is 17.3 Å². The van der Waals surface area contributed by atoms with Gasteiger partial charge in [-0.05, 0) is 39.0 Å². The molecule has 0 aliphatic rings. The first kappa shape index (κ1) is 18.0. The lowest BCUT2D eigenvalue weighted by molar-refractivity contribution is 0.130. The van der Waals surface area contributed by atoms with Crippen molar-refractivity contribution in [3.8, 4) is 0 Å². The van der Waals surface area contributed by atoms with Gasteiger partial charge in [0.25, 0.3) is 0 Å². The summed E-state index contributed by atoms with van der Waals surface area (Å²) in [6.07, 6.45) is -0.581. The number of halogens is 1. The van der Waals surface area contributed by atoms with Gasteiger partial charge in [0.15, 0.2) is 9.84 Å². The molecule has 21 heavy (non-hydrogen) atoms. The average Bonchev–Trinajstić information content (AvgIpc) is 2.34. The van der Waals surface area contributed by atoms with Crippen molar-refractivity contribution in [3.63, 3.8) is 0 Å². The minimum Gasteiger partial charge on any atom is -0.445 e. The first-order valence-corrected chi connectivity index (χ1v) is 8.96. The van der Waals surface area contributed by atoms with Crippen LogP contribution in [0.15, 0.2) is 27.6 Å². The molecule has 1 amide bonds. The maximum absolute atomic E-state index is 12.0. The Kier molecular flexibility index (Phi) is 5.81. The summed E-state index contributed by atoms with van der Waals surface area (Å²) in [5.74, 6) is -0.00415. The van der Waals surface area contributed by atoms with Crippen LogP contribution in [-0.2, 0) is 21.2 Å². The minimum absolute atomic E-state index is 0.00415. The number of carbonyl (C=O) groups is 1. The number of ether oxygens (including phenoxy) is 1. The molecule has 0 aliphatic carbocycles. The summed E-state index contributed by atoms with van der Waals surface area (Å²) in [5, 5.41) is 2.65. The zero-order chi connectivity index (χ0) is 16.3. The largest absolute Gasteiger partial charge is 0.445 e. The van der Waals surface area contributed by atoms with Crippen LogP contribution in [0, 0.1) is 0 Å². The third-order valence-corrected chi connectivity index (χ3v) is 4.90. The fourth-order valence-corrected chi connectivity index (χ4v) is 3.12. The molecule has 1 rings (SSSR count). The Balaban J connectivity index is 2.93. The van der Waals surface area contributed by atoms with Crippen molar-refractivity contribution in [2.45, 2.75) is 44.7 Å². The Morgan fingerprint density at radius 2 is 1.95 bits per heavy atom. The molecule has 0 bridgehead atoms. The van der Waals surface area contributed by atoms with Gasteiger partial charge < -0.3 is 10.1 Å². The quantitative estimate of drug-likeness (QED) is 0.873. The summed E-state index contributed by atoms with van der Waals surface area (Å²) < 4.78 is 29.9. The number of alkyl carbamates (subject to hydrolysis) is 1. The zero-order valence-corrected chi connectivity index (χ0v) is 15.0. The van der Waals surface area contributed by atoms with E-state index in [1.807, 2.05) is 20.8 Å². The fourth-order valence-electron chi connectivity index (χ4n) is 1.61. The Labute approximate surface area is 134 Å². The number of carbonyl (C=O) groups excluding carboxylic acids is 1. The molecule has 0 fully saturated rings. The summed E-state index contributed by atoms with van der Waals surface area (Å²) in [6.45, 7) is 6.98. The Hall–Kier alpha value is -1.08. The number of nitrogens with one attached hydrogen (secondary N) is 1. The second-order valence-corrected chi connectivity index (χ2v) is 8.77. The molecule has 0 heterocycles. The molecule has 0 atom stereocenters. The lowest BCUT2D eigenvalue weighted by Gasteiger charge is -2.20. The number of benzene rings is 1. The maximum Gasteiger partial charge on any atom is 0.407 e. The van der Waals surface area contributed by atoms with Crippen molar-refractivity contribution in [2.75, 3.05) is 5.75 Å². The SMILES string of the molecule is CCS(=O)(=O)c1ccc(Br)cc1COC(=O)NC(C)(C)C. The number of amides is 1. The molecule has 5 nitrogen and oxygen atoms in total. The van der Waals surface area contributed by atoms with E-state index < -0.39 is 21.5 Å². The molecule has 1 aromatic rings. The van der Waals surface area contributed by atoms with E-state index in [0.717, 1.165) is 4.47 Å². The first-order chi connectivity index (χ1) is 9.55. The van der Waals surface area contributed by atoms with E-state index >= 15 is 0 Å². The van der Waals surface area contributed by atoms with Crippen LogP contribution in [0.3, 0.4) is 0 Å². The Morgan fingerprint density at radius 1 is 1.33 bits per heavy atom. The van der Waals surface area contributed by atoms with Gasteiger partial charge in [-0.3, -0.25) is 0 Å². The molecule has 0 aromatic heterocycles. The molecular formula is C14H20BrNO4S. The summed E-state index contributed by atoms with van der Waals surface area (Å²) in [4.78, 5) is 11.8. The second kappa shape index (κ2) is 6.79. The van der Waals surface area contributed by atoms with Crippen molar-refractivity contribution in [1.29, 1.82) is 0 Å². The fraction of sp³-hybridized carbons (Fsp3) is 0.500. The number of hydrogen-bond donors (Lipinski definition) is 1. The van der Waals surface area contributed by atoms with Gasteiger partial charge in [-0.25, -0.2) is 13.2 Å². The van der Waals surface area contributed by atoms with Crippen LogP contribution in [0.4, 0.5) is 4.79 Å². The van der Waals surface area contributed by atoms with Crippen LogP contribution in [0.5, 0.6) is 0 Å². The smallest absolute Gasteiger partial charge is 0.407 e. The Morgan fingerprint density at radius 3 is 2.48 bits per heavy atom. The van der Waals surface area contributed by atoms with E-state index in [1.54, 1.807) is 19.1 Å². The van der Waals surface area contributed by atoms with Crippen molar-refractivity contribution in [1.82, 2.24) is 5.32 Å². The van der Waals surface area contributed by atoms with Crippen LogP contribution in [0.25, 0.3) is 0 Å². The highest BCUT2D eigenvalue weighted by molar-refractivity contribution is 9.10. The highest BCUT2D eigenvalue weighted by atomic mass is 79.9. The van der Waals surface area contributed by atoms with Gasteiger partial charge in [0.2, 0.25) is 0 Å². The summed E-state index contributed by atoms with van der Waals surface area (Å²) in [6, 6.07) is 4.82. The van der Waals surface area contributed by atoms with Gasteiger partial charge >= 0.3 is 6.09 Å². The molecule has 118 valence electrons. The molecule has 0 spiro atoms. The Bertz CT molecular complexity index is 620. The predicted octanol–water partition coefficient (Wildman–Crippen LogP) is 3.27. The monoisotopic (exact) mass is 377 g/mol. The molecule has 1 aromatic carbocycles.